The van der Waals surface area contributed by atoms with E-state index in [4.69, 9.17) is 23.2 Å². The molecule has 1 aromatic rings. The fraction of sp³-hybridized carbons (Fsp3) is 0.706. The molecule has 0 atom stereocenters. The first kappa shape index (κ1) is 14.9. The van der Waals surface area contributed by atoms with Crippen LogP contribution in [0.3, 0.4) is 0 Å². The van der Waals surface area contributed by atoms with Crippen molar-refractivity contribution in [1.29, 1.82) is 0 Å². The maximum Gasteiger partial charge on any atom is 0.270 e. The van der Waals surface area contributed by atoms with Crippen molar-refractivity contribution in [3.63, 3.8) is 0 Å². The van der Waals surface area contributed by atoms with Crippen LogP contribution in [0.25, 0.3) is 0 Å². The molecule has 0 radical (unpaired) electrons. The molecular weight excluding hydrogens is 319 g/mol. The first-order chi connectivity index (χ1) is 10.5. The first-order valence-electron chi connectivity index (χ1n) is 8.23. The molecule has 5 rings (SSSR count). The summed E-state index contributed by atoms with van der Waals surface area (Å²) >= 11 is 12.2. The van der Waals surface area contributed by atoms with Gasteiger partial charge in [-0.15, -0.1) is 0 Å². The van der Waals surface area contributed by atoms with Gasteiger partial charge in [-0.1, -0.05) is 23.2 Å². The summed E-state index contributed by atoms with van der Waals surface area (Å²) < 4.78 is 1.69. The third-order valence-corrected chi connectivity index (χ3v) is 7.12. The van der Waals surface area contributed by atoms with Gasteiger partial charge < -0.3 is 9.47 Å². The zero-order chi connectivity index (χ0) is 15.6. The van der Waals surface area contributed by atoms with E-state index in [1.807, 2.05) is 11.9 Å². The quantitative estimate of drug-likeness (QED) is 0.790. The monoisotopic (exact) mass is 340 g/mol. The summed E-state index contributed by atoms with van der Waals surface area (Å²) in [5, 5.41) is 0.884. The van der Waals surface area contributed by atoms with Gasteiger partial charge in [-0.2, -0.15) is 0 Å². The second-order valence-corrected chi connectivity index (χ2v) is 8.33. The Morgan fingerprint density at radius 2 is 1.68 bits per heavy atom. The molecule has 1 heterocycles. The fourth-order valence-electron chi connectivity index (χ4n) is 5.59. The Morgan fingerprint density at radius 3 is 2.14 bits per heavy atom. The number of nitrogens with zero attached hydrogens (tertiary/aromatic N) is 2. The summed E-state index contributed by atoms with van der Waals surface area (Å²) in [6.07, 6.45) is 6.67. The Hall–Kier alpha value is -0.670. The van der Waals surface area contributed by atoms with Crippen molar-refractivity contribution in [3.8, 4) is 0 Å². The molecular formula is C17H22Cl2N2O. The maximum absolute atomic E-state index is 12.9. The summed E-state index contributed by atoms with van der Waals surface area (Å²) in [7, 11) is 3.76. The normalized spacial score (nSPS) is 35.9. The number of amides is 1. The van der Waals surface area contributed by atoms with Crippen LogP contribution in [0.4, 0.5) is 0 Å². The number of hydrogen-bond donors (Lipinski definition) is 0. The maximum atomic E-state index is 12.9. The average molecular weight is 341 g/mol. The van der Waals surface area contributed by atoms with Crippen LogP contribution < -0.4 is 0 Å². The summed E-state index contributed by atoms with van der Waals surface area (Å²) in [5.74, 6) is 3.27. The third-order valence-electron chi connectivity index (χ3n) is 6.28. The van der Waals surface area contributed by atoms with Gasteiger partial charge in [0.25, 0.3) is 5.91 Å². The topological polar surface area (TPSA) is 25.2 Å². The standard InChI is InChI=1S/C17H22Cl2N2O/c1-20-14(8-13(18)16(20)19)17(22)21(2)15-11-4-9-3-10(6-11)7-12(15)5-9/h8-12,15H,3-7H2,1-2H3. The van der Waals surface area contributed by atoms with Gasteiger partial charge in [0, 0.05) is 20.1 Å². The van der Waals surface area contributed by atoms with Crippen LogP contribution in [0.15, 0.2) is 6.07 Å². The highest BCUT2D eigenvalue weighted by Gasteiger charge is 2.50. The second-order valence-electron chi connectivity index (χ2n) is 7.56. The highest BCUT2D eigenvalue weighted by molar-refractivity contribution is 6.41. The molecule has 0 saturated heterocycles. The molecule has 1 aromatic heterocycles. The Balaban J connectivity index is 1.60. The van der Waals surface area contributed by atoms with Gasteiger partial charge in [0.15, 0.2) is 0 Å². The number of carbonyl (C=O) groups excluding carboxylic acids is 1. The zero-order valence-electron chi connectivity index (χ0n) is 13.1. The van der Waals surface area contributed by atoms with Crippen LogP contribution in [0, 0.1) is 23.7 Å². The molecule has 4 saturated carbocycles. The smallest absolute Gasteiger partial charge is 0.270 e. The number of aromatic nitrogens is 1. The summed E-state index contributed by atoms with van der Waals surface area (Å²) in [6.45, 7) is 0. The second kappa shape index (κ2) is 5.17. The first-order valence-corrected chi connectivity index (χ1v) is 8.99. The van der Waals surface area contributed by atoms with Crippen LogP contribution in [0.1, 0.15) is 42.6 Å². The Kier molecular flexibility index (Phi) is 3.50. The summed E-state index contributed by atoms with van der Waals surface area (Å²) in [6, 6.07) is 2.09. The van der Waals surface area contributed by atoms with E-state index >= 15 is 0 Å². The highest BCUT2D eigenvalue weighted by Crippen LogP contribution is 2.55. The Bertz CT molecular complexity index is 596. The molecule has 120 valence electrons. The zero-order valence-corrected chi connectivity index (χ0v) is 14.6. The van der Waals surface area contributed by atoms with Gasteiger partial charge in [-0.3, -0.25) is 4.79 Å². The third kappa shape index (κ3) is 2.12. The van der Waals surface area contributed by atoms with E-state index in [2.05, 4.69) is 0 Å². The van der Waals surface area contributed by atoms with Crippen molar-refractivity contribution >= 4 is 29.1 Å². The molecule has 1 amide bonds. The fourth-order valence-corrected chi connectivity index (χ4v) is 5.97. The lowest BCUT2D eigenvalue weighted by molar-refractivity contribution is -0.0493. The van der Waals surface area contributed by atoms with Gasteiger partial charge in [-0.25, -0.2) is 0 Å². The van der Waals surface area contributed by atoms with E-state index in [-0.39, 0.29) is 5.91 Å². The van der Waals surface area contributed by atoms with E-state index < -0.39 is 0 Å². The lowest BCUT2D eigenvalue weighted by Crippen LogP contribution is -2.56. The lowest BCUT2D eigenvalue weighted by atomic mass is 9.54. The van der Waals surface area contributed by atoms with Gasteiger partial charge in [-0.05, 0) is 61.8 Å². The molecule has 5 heteroatoms. The molecule has 0 aromatic carbocycles. The minimum atomic E-state index is 0.0498. The molecule has 22 heavy (non-hydrogen) atoms. The van der Waals surface area contributed by atoms with Crippen molar-refractivity contribution < 1.29 is 4.79 Å². The molecule has 0 N–H and O–H groups in total. The van der Waals surface area contributed by atoms with Gasteiger partial charge >= 0.3 is 0 Å². The summed E-state index contributed by atoms with van der Waals surface area (Å²) in [5.41, 5.74) is 0.589. The Morgan fingerprint density at radius 1 is 1.14 bits per heavy atom. The minimum Gasteiger partial charge on any atom is -0.337 e. The van der Waals surface area contributed by atoms with Gasteiger partial charge in [0.1, 0.15) is 10.8 Å². The van der Waals surface area contributed by atoms with Crippen LogP contribution >= 0.6 is 23.2 Å². The van der Waals surface area contributed by atoms with Crippen molar-refractivity contribution in [1.82, 2.24) is 9.47 Å². The lowest BCUT2D eigenvalue weighted by Gasteiger charge is -2.56. The van der Waals surface area contributed by atoms with Crippen molar-refractivity contribution in [2.45, 2.75) is 38.1 Å². The van der Waals surface area contributed by atoms with Crippen LogP contribution in [0.2, 0.25) is 10.2 Å². The molecule has 4 bridgehead atoms. The number of hydrogen-bond acceptors (Lipinski definition) is 1. The van der Waals surface area contributed by atoms with Crippen molar-refractivity contribution in [2.24, 2.45) is 30.7 Å². The van der Waals surface area contributed by atoms with E-state index in [9.17, 15) is 4.79 Å². The van der Waals surface area contributed by atoms with Crippen molar-refractivity contribution in [3.05, 3.63) is 21.9 Å². The number of rotatable bonds is 2. The predicted octanol–water partition coefficient (Wildman–Crippen LogP) is 4.23. The minimum absolute atomic E-state index is 0.0498. The number of halogens is 2. The van der Waals surface area contributed by atoms with Crippen LogP contribution in [-0.4, -0.2) is 28.5 Å². The number of carbonyl (C=O) groups is 1. The highest BCUT2D eigenvalue weighted by atomic mass is 35.5. The molecule has 0 aliphatic heterocycles. The van der Waals surface area contributed by atoms with Crippen LogP contribution in [0.5, 0.6) is 0 Å². The molecule has 4 fully saturated rings. The van der Waals surface area contributed by atoms with Gasteiger partial charge in [0.05, 0.1) is 5.02 Å². The van der Waals surface area contributed by atoms with E-state index in [0.29, 0.717) is 33.7 Å². The molecule has 3 nitrogen and oxygen atoms in total. The molecule has 4 aliphatic rings. The molecule has 0 spiro atoms. The predicted molar refractivity (Wildman–Crippen MR) is 88.4 cm³/mol. The van der Waals surface area contributed by atoms with Gasteiger partial charge in [0.2, 0.25) is 0 Å². The summed E-state index contributed by atoms with van der Waals surface area (Å²) in [4.78, 5) is 14.9. The largest absolute Gasteiger partial charge is 0.337 e. The average Bonchev–Trinajstić information content (AvgIpc) is 2.73. The molecule has 0 unspecified atom stereocenters. The molecule has 4 aliphatic carbocycles. The SMILES string of the molecule is CN(C(=O)c1cc(Cl)c(Cl)n1C)C1C2CC3CC(C2)CC1C3. The Labute approximate surface area is 141 Å². The van der Waals surface area contributed by atoms with Crippen molar-refractivity contribution in [2.75, 3.05) is 7.05 Å². The van der Waals surface area contributed by atoms with E-state index in [1.165, 1.54) is 32.1 Å². The van der Waals surface area contributed by atoms with Crippen LogP contribution in [-0.2, 0) is 7.05 Å². The van der Waals surface area contributed by atoms with E-state index in [1.54, 1.807) is 17.7 Å². The van der Waals surface area contributed by atoms with E-state index in [0.717, 1.165) is 11.8 Å².